The van der Waals surface area contributed by atoms with Gasteiger partial charge in [-0.2, -0.15) is 0 Å². The van der Waals surface area contributed by atoms with E-state index in [4.69, 9.17) is 14.2 Å². The quantitative estimate of drug-likeness (QED) is 0.799. The lowest BCUT2D eigenvalue weighted by molar-refractivity contribution is -0.126. The third-order valence-electron chi connectivity index (χ3n) is 2.55. The molecule has 0 aliphatic carbocycles. The Hall–Kier alpha value is -2.24. The third-order valence-corrected chi connectivity index (χ3v) is 2.55. The molecule has 1 unspecified atom stereocenters. The fourth-order valence-electron chi connectivity index (χ4n) is 1.58. The Morgan fingerprint density at radius 1 is 1.44 bits per heavy atom. The highest BCUT2D eigenvalue weighted by Gasteiger charge is 2.20. The Labute approximate surface area is 104 Å². The SMILES string of the molecule is CNC(=O)C(C)Oc1cc2c(cc1C=O)OCO2. The molecule has 2 rings (SSSR count). The van der Waals surface area contributed by atoms with Crippen LogP contribution in [0.3, 0.4) is 0 Å². The largest absolute Gasteiger partial charge is 0.480 e. The average Bonchev–Trinajstić information content (AvgIpc) is 2.83. The van der Waals surface area contributed by atoms with Crippen LogP contribution in [-0.2, 0) is 4.79 Å². The van der Waals surface area contributed by atoms with Crippen LogP contribution < -0.4 is 19.5 Å². The van der Waals surface area contributed by atoms with Crippen molar-refractivity contribution in [1.82, 2.24) is 5.32 Å². The van der Waals surface area contributed by atoms with Crippen LogP contribution in [0.5, 0.6) is 17.2 Å². The Morgan fingerprint density at radius 2 is 2.11 bits per heavy atom. The van der Waals surface area contributed by atoms with Crippen LogP contribution in [0.15, 0.2) is 12.1 Å². The second-order valence-corrected chi connectivity index (χ2v) is 3.74. The normalized spacial score (nSPS) is 13.9. The molecule has 0 radical (unpaired) electrons. The van der Waals surface area contributed by atoms with E-state index in [9.17, 15) is 9.59 Å². The highest BCUT2D eigenvalue weighted by molar-refractivity contribution is 5.83. The van der Waals surface area contributed by atoms with Crippen molar-refractivity contribution in [3.8, 4) is 17.2 Å². The van der Waals surface area contributed by atoms with Crippen LogP contribution in [0, 0.1) is 0 Å². The summed E-state index contributed by atoms with van der Waals surface area (Å²) in [6.07, 6.45) is -0.0532. The highest BCUT2D eigenvalue weighted by Crippen LogP contribution is 2.37. The zero-order valence-electron chi connectivity index (χ0n) is 10.1. The molecule has 1 aliphatic rings. The molecule has 1 aromatic rings. The lowest BCUT2D eigenvalue weighted by Gasteiger charge is -2.14. The molecular formula is C12H13NO5. The summed E-state index contributed by atoms with van der Waals surface area (Å²) < 4.78 is 15.8. The maximum absolute atomic E-state index is 11.4. The van der Waals surface area contributed by atoms with E-state index < -0.39 is 6.10 Å². The number of nitrogens with one attached hydrogen (secondary N) is 1. The third kappa shape index (κ3) is 2.22. The van der Waals surface area contributed by atoms with Crippen LogP contribution in [0.2, 0.25) is 0 Å². The predicted molar refractivity (Wildman–Crippen MR) is 62.1 cm³/mol. The van der Waals surface area contributed by atoms with Gasteiger partial charge in [-0.05, 0) is 13.0 Å². The van der Waals surface area contributed by atoms with Gasteiger partial charge in [0.2, 0.25) is 6.79 Å². The summed E-state index contributed by atoms with van der Waals surface area (Å²) in [6, 6.07) is 3.08. The van der Waals surface area contributed by atoms with Gasteiger partial charge in [-0.1, -0.05) is 0 Å². The van der Waals surface area contributed by atoms with Gasteiger partial charge < -0.3 is 19.5 Å². The zero-order valence-corrected chi connectivity index (χ0v) is 10.1. The fourth-order valence-corrected chi connectivity index (χ4v) is 1.58. The van der Waals surface area contributed by atoms with Gasteiger partial charge in [0.1, 0.15) is 5.75 Å². The number of carbonyl (C=O) groups excluding carboxylic acids is 2. The maximum atomic E-state index is 11.4. The van der Waals surface area contributed by atoms with E-state index in [-0.39, 0.29) is 12.7 Å². The van der Waals surface area contributed by atoms with Gasteiger partial charge in [0.25, 0.3) is 5.91 Å². The zero-order chi connectivity index (χ0) is 13.1. The number of likely N-dealkylation sites (N-methyl/N-ethyl adjacent to an activating group) is 1. The molecule has 1 atom stereocenters. The monoisotopic (exact) mass is 251 g/mol. The predicted octanol–water partition coefficient (Wildman–Crippen LogP) is 0.741. The highest BCUT2D eigenvalue weighted by atomic mass is 16.7. The van der Waals surface area contributed by atoms with Crippen molar-refractivity contribution in [3.63, 3.8) is 0 Å². The van der Waals surface area contributed by atoms with E-state index in [1.54, 1.807) is 13.0 Å². The molecule has 0 spiro atoms. The maximum Gasteiger partial charge on any atom is 0.260 e. The van der Waals surface area contributed by atoms with Gasteiger partial charge >= 0.3 is 0 Å². The minimum absolute atomic E-state index is 0.113. The Kier molecular flexibility index (Phi) is 3.36. The van der Waals surface area contributed by atoms with Crippen LogP contribution >= 0.6 is 0 Å². The van der Waals surface area contributed by atoms with E-state index in [1.807, 2.05) is 0 Å². The number of aldehydes is 1. The van der Waals surface area contributed by atoms with Gasteiger partial charge in [0, 0.05) is 13.1 Å². The number of rotatable bonds is 4. The van der Waals surface area contributed by atoms with E-state index >= 15 is 0 Å². The summed E-state index contributed by atoms with van der Waals surface area (Å²) in [5.74, 6) is 1.02. The fraction of sp³-hybridized carbons (Fsp3) is 0.333. The minimum atomic E-state index is -0.700. The first-order chi connectivity index (χ1) is 8.65. The number of ether oxygens (including phenoxy) is 3. The molecule has 1 heterocycles. The summed E-state index contributed by atoms with van der Waals surface area (Å²) in [6.45, 7) is 1.71. The van der Waals surface area contributed by atoms with E-state index in [0.717, 1.165) is 0 Å². The van der Waals surface area contributed by atoms with E-state index in [2.05, 4.69) is 5.32 Å². The number of fused-ring (bicyclic) bond motifs is 1. The molecule has 0 fully saturated rings. The molecule has 0 bridgehead atoms. The summed E-state index contributed by atoms with van der Waals surface area (Å²) in [7, 11) is 1.52. The number of carbonyl (C=O) groups is 2. The molecular weight excluding hydrogens is 238 g/mol. The van der Waals surface area contributed by atoms with Gasteiger partial charge in [0.15, 0.2) is 23.9 Å². The average molecular weight is 251 g/mol. The molecule has 1 amide bonds. The van der Waals surface area contributed by atoms with Crippen LogP contribution in [0.25, 0.3) is 0 Å². The molecule has 96 valence electrons. The van der Waals surface area contributed by atoms with Gasteiger partial charge in [-0.3, -0.25) is 9.59 Å². The first-order valence-electron chi connectivity index (χ1n) is 5.42. The van der Waals surface area contributed by atoms with Crippen molar-refractivity contribution < 1.29 is 23.8 Å². The Balaban J connectivity index is 2.27. The van der Waals surface area contributed by atoms with Crippen LogP contribution in [-0.4, -0.2) is 32.1 Å². The van der Waals surface area contributed by atoms with E-state index in [0.29, 0.717) is 29.1 Å². The van der Waals surface area contributed by atoms with E-state index in [1.165, 1.54) is 13.1 Å². The van der Waals surface area contributed by atoms with Crippen LogP contribution in [0.4, 0.5) is 0 Å². The lowest BCUT2D eigenvalue weighted by Crippen LogP contribution is -2.33. The van der Waals surface area contributed by atoms with Crippen LogP contribution in [0.1, 0.15) is 17.3 Å². The summed E-state index contributed by atoms with van der Waals surface area (Å²) in [5.41, 5.74) is 0.315. The van der Waals surface area contributed by atoms with Gasteiger partial charge in [0.05, 0.1) is 5.56 Å². The second kappa shape index (κ2) is 4.95. The van der Waals surface area contributed by atoms with Crippen molar-refractivity contribution in [2.24, 2.45) is 0 Å². The van der Waals surface area contributed by atoms with Gasteiger partial charge in [-0.15, -0.1) is 0 Å². The Morgan fingerprint density at radius 3 is 2.72 bits per heavy atom. The summed E-state index contributed by atoms with van der Waals surface area (Å²) in [5, 5.41) is 2.47. The first-order valence-corrected chi connectivity index (χ1v) is 5.42. The number of hydrogen-bond acceptors (Lipinski definition) is 5. The molecule has 1 aromatic carbocycles. The molecule has 1 aliphatic heterocycles. The number of hydrogen-bond donors (Lipinski definition) is 1. The molecule has 6 heteroatoms. The second-order valence-electron chi connectivity index (χ2n) is 3.74. The molecule has 0 aromatic heterocycles. The molecule has 1 N–H and O–H groups in total. The summed E-state index contributed by atoms with van der Waals surface area (Å²) in [4.78, 5) is 22.3. The summed E-state index contributed by atoms with van der Waals surface area (Å²) >= 11 is 0. The lowest BCUT2D eigenvalue weighted by atomic mass is 10.2. The van der Waals surface area contributed by atoms with Crippen molar-refractivity contribution in [3.05, 3.63) is 17.7 Å². The molecule has 18 heavy (non-hydrogen) atoms. The molecule has 0 saturated carbocycles. The standard InChI is InChI=1S/C12H13NO5/c1-7(12(15)13-2)18-9-4-11-10(16-6-17-11)3-8(9)5-14/h3-5,7H,6H2,1-2H3,(H,13,15). The van der Waals surface area contributed by atoms with Crippen molar-refractivity contribution >= 4 is 12.2 Å². The number of amides is 1. The molecule has 6 nitrogen and oxygen atoms in total. The topological polar surface area (TPSA) is 73.9 Å². The Bertz CT molecular complexity index is 486. The smallest absolute Gasteiger partial charge is 0.260 e. The van der Waals surface area contributed by atoms with Crippen molar-refractivity contribution in [1.29, 1.82) is 0 Å². The minimum Gasteiger partial charge on any atom is -0.480 e. The first kappa shape index (κ1) is 12.2. The molecule has 0 saturated heterocycles. The number of benzene rings is 1. The van der Waals surface area contributed by atoms with Crippen molar-refractivity contribution in [2.75, 3.05) is 13.8 Å². The van der Waals surface area contributed by atoms with Crippen molar-refractivity contribution in [2.45, 2.75) is 13.0 Å². The van der Waals surface area contributed by atoms with Gasteiger partial charge in [-0.25, -0.2) is 0 Å².